The zero-order valence-electron chi connectivity index (χ0n) is 8.07. The zero-order chi connectivity index (χ0) is 8.77. The predicted molar refractivity (Wildman–Crippen MR) is 42.3 cm³/mol. The Hall–Kier alpha value is 1.19. The largest absolute Gasteiger partial charge is 1.00 e. The summed E-state index contributed by atoms with van der Waals surface area (Å²) in [4.78, 5) is 0. The number of rotatable bonds is 3. The van der Waals surface area contributed by atoms with Gasteiger partial charge in [0.15, 0.2) is 0 Å². The Morgan fingerprint density at radius 2 is 2.23 bits per heavy atom. The molecule has 0 spiro atoms. The summed E-state index contributed by atoms with van der Waals surface area (Å²) in [5.41, 5.74) is 0.412. The average Bonchev–Trinajstić information content (AvgIpc) is 2.49. The molecule has 2 fully saturated rings. The van der Waals surface area contributed by atoms with Crippen molar-refractivity contribution >= 4 is 12.0 Å². The van der Waals surface area contributed by atoms with Crippen LogP contribution in [0.25, 0.3) is 0 Å². The molecule has 13 heavy (non-hydrogen) atoms. The minimum Gasteiger partial charge on any atom is -0.691 e. The molecule has 1 aliphatic heterocycles. The second-order valence-electron chi connectivity index (χ2n) is 4.01. The van der Waals surface area contributed by atoms with E-state index in [1.807, 2.05) is 0 Å². The van der Waals surface area contributed by atoms with Gasteiger partial charge in [0.2, 0.25) is 0 Å². The van der Waals surface area contributed by atoms with Crippen LogP contribution in [-0.4, -0.2) is 11.9 Å². The summed E-state index contributed by atoms with van der Waals surface area (Å²) in [6.45, 7) is 5.52. The molecular formula is C7H12NNaO3S. The van der Waals surface area contributed by atoms with Crippen molar-refractivity contribution < 1.29 is 44.2 Å². The smallest absolute Gasteiger partial charge is 0.691 e. The van der Waals surface area contributed by atoms with Crippen LogP contribution >= 0.6 is 12.0 Å². The first-order valence-corrected chi connectivity index (χ1v) is 4.83. The van der Waals surface area contributed by atoms with Gasteiger partial charge in [-0.25, -0.2) is 0 Å². The van der Waals surface area contributed by atoms with Gasteiger partial charge < -0.3 is 10.6 Å². The normalized spacial score (nSPS) is 39.5. The molecule has 1 saturated carbocycles. The van der Waals surface area contributed by atoms with E-state index in [2.05, 4.69) is 28.5 Å². The maximum Gasteiger partial charge on any atom is 1.00 e. The third-order valence-corrected chi connectivity index (χ3v) is 3.98. The van der Waals surface area contributed by atoms with E-state index in [1.165, 1.54) is 0 Å². The van der Waals surface area contributed by atoms with Crippen molar-refractivity contribution in [1.29, 1.82) is 0 Å². The summed E-state index contributed by atoms with van der Waals surface area (Å²) in [5.74, 6) is 1.36. The van der Waals surface area contributed by atoms with Gasteiger partial charge in [-0.2, -0.15) is 4.33 Å². The summed E-state index contributed by atoms with van der Waals surface area (Å²) in [7, 11) is 0. The van der Waals surface area contributed by atoms with Gasteiger partial charge in [-0.1, -0.05) is 13.8 Å². The van der Waals surface area contributed by atoms with Crippen molar-refractivity contribution in [1.82, 2.24) is 5.32 Å². The number of hydrogen-bond acceptors (Lipinski definition) is 5. The van der Waals surface area contributed by atoms with Crippen LogP contribution < -0.4 is 40.1 Å². The topological polar surface area (TPSA) is 53.5 Å². The average molecular weight is 213 g/mol. The first-order chi connectivity index (χ1) is 5.68. The van der Waals surface area contributed by atoms with Gasteiger partial charge in [-0.3, -0.25) is 5.04 Å². The molecule has 0 aromatic heterocycles. The second kappa shape index (κ2) is 4.37. The zero-order valence-corrected chi connectivity index (χ0v) is 10.9. The second-order valence-corrected chi connectivity index (χ2v) is 4.85. The van der Waals surface area contributed by atoms with Crippen molar-refractivity contribution in [2.75, 3.05) is 6.54 Å². The van der Waals surface area contributed by atoms with E-state index in [0.29, 0.717) is 11.3 Å². The molecular weight excluding hydrogens is 201 g/mol. The van der Waals surface area contributed by atoms with Gasteiger partial charge in [0.05, 0.1) is 5.37 Å². The molecule has 1 aliphatic carbocycles. The van der Waals surface area contributed by atoms with E-state index in [0.717, 1.165) is 24.5 Å². The van der Waals surface area contributed by atoms with Crippen LogP contribution in [0.15, 0.2) is 0 Å². The summed E-state index contributed by atoms with van der Waals surface area (Å²) in [6, 6.07) is 0. The fourth-order valence-corrected chi connectivity index (χ4v) is 3.24. The first-order valence-electron chi connectivity index (χ1n) is 4.03. The number of nitrogens with one attached hydrogen (secondary N) is 1. The fraction of sp³-hybridized carbons (Fsp3) is 1.00. The van der Waals surface area contributed by atoms with Gasteiger partial charge in [0.1, 0.15) is 0 Å². The Morgan fingerprint density at radius 3 is 2.69 bits per heavy atom. The van der Waals surface area contributed by atoms with Crippen molar-refractivity contribution in [2.45, 2.75) is 19.2 Å². The minimum absolute atomic E-state index is 0. The Balaban J connectivity index is 0.000000845. The molecule has 6 heteroatoms. The number of fused-ring (bicyclic) bond motifs is 1. The summed E-state index contributed by atoms with van der Waals surface area (Å²) >= 11 is 1.09. The van der Waals surface area contributed by atoms with Gasteiger partial charge in [0.25, 0.3) is 0 Å². The van der Waals surface area contributed by atoms with Crippen LogP contribution in [-0.2, 0) is 9.37 Å². The van der Waals surface area contributed by atoms with Crippen LogP contribution in [0.2, 0.25) is 0 Å². The standard InChI is InChI=1S/C7H13NO3S.Na/c1-7(2)4-3-8-6(5(4)7)12-11-10-9;/h4-6,8-9H,3H2,1-2H3;/q;+1/p-1/t4-,5-,6+;/m1./s1. The molecule has 2 aliphatic rings. The van der Waals surface area contributed by atoms with E-state index in [1.54, 1.807) is 0 Å². The molecule has 0 radical (unpaired) electrons. The predicted octanol–water partition coefficient (Wildman–Crippen LogP) is -2.94. The van der Waals surface area contributed by atoms with Crippen LogP contribution in [0, 0.1) is 17.3 Å². The molecule has 70 valence electrons. The molecule has 2 rings (SSSR count). The fourth-order valence-electron chi connectivity index (χ4n) is 2.30. The molecule has 0 bridgehead atoms. The third-order valence-electron chi connectivity index (χ3n) is 3.17. The molecule has 0 unspecified atom stereocenters. The molecule has 0 aromatic rings. The maximum atomic E-state index is 9.60. The molecule has 1 N–H and O–H groups in total. The number of piperidine rings is 1. The van der Waals surface area contributed by atoms with Gasteiger partial charge in [0, 0.05) is 12.0 Å². The SMILES string of the molecule is CC1(C)[C@@H]2[C@H]1CN[C@H]2SOO[O-].[Na+]. The van der Waals surface area contributed by atoms with Gasteiger partial charge in [-0.15, -0.1) is 0 Å². The number of hydrogen-bond donors (Lipinski definition) is 1. The molecule has 1 saturated heterocycles. The molecule has 1 heterocycles. The molecule has 3 atom stereocenters. The first kappa shape index (κ1) is 12.3. The Labute approximate surface area is 104 Å². The van der Waals surface area contributed by atoms with Crippen molar-refractivity contribution in [3.63, 3.8) is 0 Å². The molecule has 4 nitrogen and oxygen atoms in total. The molecule has 0 amide bonds. The van der Waals surface area contributed by atoms with E-state index in [9.17, 15) is 5.26 Å². The van der Waals surface area contributed by atoms with Crippen LogP contribution in [0.1, 0.15) is 13.8 Å². The summed E-state index contributed by atoms with van der Waals surface area (Å²) in [5, 5.41) is 16.4. The van der Waals surface area contributed by atoms with E-state index < -0.39 is 0 Å². The van der Waals surface area contributed by atoms with E-state index >= 15 is 0 Å². The van der Waals surface area contributed by atoms with Crippen LogP contribution in [0.3, 0.4) is 0 Å². The van der Waals surface area contributed by atoms with Crippen molar-refractivity contribution in [3.8, 4) is 0 Å². The minimum atomic E-state index is 0. The Bertz CT molecular complexity index is 193. The quantitative estimate of drug-likeness (QED) is 0.235. The van der Waals surface area contributed by atoms with Gasteiger partial charge >= 0.3 is 29.6 Å². The maximum absolute atomic E-state index is 9.60. The van der Waals surface area contributed by atoms with Gasteiger partial charge in [-0.05, 0) is 23.8 Å². The van der Waals surface area contributed by atoms with Crippen molar-refractivity contribution in [2.24, 2.45) is 17.3 Å². The Morgan fingerprint density at radius 1 is 1.54 bits per heavy atom. The Kier molecular flexibility index (Phi) is 4.12. The van der Waals surface area contributed by atoms with Crippen LogP contribution in [0.5, 0.6) is 0 Å². The summed E-state index contributed by atoms with van der Waals surface area (Å²) < 4.78 is 4.31. The van der Waals surface area contributed by atoms with Crippen LogP contribution in [0.4, 0.5) is 0 Å². The van der Waals surface area contributed by atoms with Crippen molar-refractivity contribution in [3.05, 3.63) is 0 Å². The van der Waals surface area contributed by atoms with E-state index in [4.69, 9.17) is 0 Å². The summed E-state index contributed by atoms with van der Waals surface area (Å²) in [6.07, 6.45) is 0. The third kappa shape index (κ3) is 2.08. The monoisotopic (exact) mass is 213 g/mol. The van der Waals surface area contributed by atoms with E-state index in [-0.39, 0.29) is 34.9 Å². The molecule has 0 aromatic carbocycles.